The number of rotatable bonds is 1. The molecule has 0 aromatic carbocycles. The Morgan fingerprint density at radius 2 is 2.29 bits per heavy atom. The van der Waals surface area contributed by atoms with E-state index in [1.165, 1.54) is 6.07 Å². The summed E-state index contributed by atoms with van der Waals surface area (Å²) in [5.74, 6) is 0. The molecule has 1 N–H and O–H groups in total. The van der Waals surface area contributed by atoms with Gasteiger partial charge in [-0.15, -0.1) is 0 Å². The van der Waals surface area contributed by atoms with E-state index in [-0.39, 0.29) is 5.56 Å². The van der Waals surface area contributed by atoms with Crippen molar-refractivity contribution < 1.29 is 0 Å². The van der Waals surface area contributed by atoms with Crippen LogP contribution < -0.4 is 5.56 Å². The van der Waals surface area contributed by atoms with Gasteiger partial charge in [-0.2, -0.15) is 0 Å². The minimum atomic E-state index is -0.199. The van der Waals surface area contributed by atoms with Crippen molar-refractivity contribution in [3.63, 3.8) is 0 Å². The summed E-state index contributed by atoms with van der Waals surface area (Å²) in [6.45, 7) is 0. The Balaban J connectivity index is 2.64. The molecular weight excluding hydrogens is 198 g/mol. The van der Waals surface area contributed by atoms with Gasteiger partial charge in [-0.25, -0.2) is 0 Å². The Bertz CT molecular complexity index is 544. The molecule has 0 saturated heterocycles. The van der Waals surface area contributed by atoms with Gasteiger partial charge in [-0.05, 0) is 24.4 Å². The zero-order valence-corrected chi connectivity index (χ0v) is 7.99. The summed E-state index contributed by atoms with van der Waals surface area (Å²) in [6, 6.07) is 5.09. The molecule has 0 bridgehead atoms. The number of hydrogen-bond donors (Lipinski definition) is 1. The third kappa shape index (κ3) is 1.62. The van der Waals surface area contributed by atoms with Gasteiger partial charge in [0.25, 0.3) is 5.56 Å². The maximum atomic E-state index is 10.9. The number of hydrogen-bond acceptors (Lipinski definition) is 3. The number of nitrogens with one attached hydrogen (secondary N) is 1. The van der Waals surface area contributed by atoms with E-state index in [2.05, 4.69) is 9.97 Å². The van der Waals surface area contributed by atoms with Crippen molar-refractivity contribution in [1.82, 2.24) is 14.5 Å². The Kier molecular flexibility index (Phi) is 2.24. The van der Waals surface area contributed by atoms with Crippen LogP contribution in [0.1, 0.15) is 0 Å². The number of aromatic amines is 1. The van der Waals surface area contributed by atoms with Gasteiger partial charge in [-0.1, -0.05) is 0 Å². The van der Waals surface area contributed by atoms with Gasteiger partial charge in [0.15, 0.2) is 4.77 Å². The fourth-order valence-corrected chi connectivity index (χ4v) is 1.38. The van der Waals surface area contributed by atoms with Crippen LogP contribution in [0.5, 0.6) is 0 Å². The topological polar surface area (TPSA) is 50.7 Å². The number of aromatic nitrogens is 3. The molecule has 0 fully saturated rings. The first kappa shape index (κ1) is 8.83. The highest BCUT2D eigenvalue weighted by molar-refractivity contribution is 7.71. The predicted octanol–water partition coefficient (Wildman–Crippen LogP) is 1.29. The van der Waals surface area contributed by atoms with Crippen molar-refractivity contribution in [3.05, 3.63) is 51.9 Å². The van der Waals surface area contributed by atoms with E-state index in [0.29, 0.717) is 4.77 Å². The fraction of sp³-hybridized carbons (Fsp3) is 0. The molecule has 2 aromatic heterocycles. The lowest BCUT2D eigenvalue weighted by Gasteiger charge is -2.03. The number of pyridine rings is 1. The molecule has 0 aliphatic rings. The molecular formula is C9H7N3OS. The van der Waals surface area contributed by atoms with Crippen molar-refractivity contribution in [1.29, 1.82) is 0 Å². The van der Waals surface area contributed by atoms with E-state index in [1.54, 1.807) is 23.2 Å². The van der Waals surface area contributed by atoms with Crippen molar-refractivity contribution >= 4 is 12.2 Å². The Morgan fingerprint density at radius 1 is 1.43 bits per heavy atom. The van der Waals surface area contributed by atoms with Crippen LogP contribution in [0.3, 0.4) is 0 Å². The Morgan fingerprint density at radius 3 is 2.93 bits per heavy atom. The van der Waals surface area contributed by atoms with Crippen LogP contribution in [-0.4, -0.2) is 14.5 Å². The first-order valence-corrected chi connectivity index (χ1v) is 4.40. The molecule has 2 heterocycles. The van der Waals surface area contributed by atoms with Crippen molar-refractivity contribution in [2.45, 2.75) is 0 Å². The van der Waals surface area contributed by atoms with Crippen LogP contribution in [0.25, 0.3) is 5.69 Å². The molecule has 0 aliphatic heterocycles. The molecule has 0 atom stereocenters. The second-order valence-electron chi connectivity index (χ2n) is 2.69. The molecule has 0 unspecified atom stereocenters. The van der Waals surface area contributed by atoms with E-state index in [9.17, 15) is 4.79 Å². The summed E-state index contributed by atoms with van der Waals surface area (Å²) >= 11 is 5.00. The Hall–Kier alpha value is -1.75. The quantitative estimate of drug-likeness (QED) is 0.714. The molecule has 0 spiro atoms. The fourth-order valence-electron chi connectivity index (χ4n) is 1.12. The standard InChI is InChI=1S/C9H7N3OS/c13-8-3-5-12(9(14)11-8)7-2-1-4-10-6-7/h1-6H,(H,11,13,14). The van der Waals surface area contributed by atoms with Crippen molar-refractivity contribution in [3.8, 4) is 5.69 Å². The van der Waals surface area contributed by atoms with Crippen LogP contribution in [0, 0.1) is 4.77 Å². The van der Waals surface area contributed by atoms with E-state index in [4.69, 9.17) is 12.2 Å². The zero-order valence-electron chi connectivity index (χ0n) is 7.18. The molecule has 0 amide bonds. The number of H-pyrrole nitrogens is 1. The maximum Gasteiger partial charge on any atom is 0.251 e. The summed E-state index contributed by atoms with van der Waals surface area (Å²) < 4.78 is 2.05. The lowest BCUT2D eigenvalue weighted by Crippen LogP contribution is -2.09. The second-order valence-corrected chi connectivity index (χ2v) is 3.08. The van der Waals surface area contributed by atoms with Gasteiger partial charge in [0, 0.05) is 18.5 Å². The lowest BCUT2D eigenvalue weighted by molar-refractivity contribution is 0.930. The summed E-state index contributed by atoms with van der Waals surface area (Å²) in [5.41, 5.74) is 0.629. The molecule has 2 aromatic rings. The molecule has 0 saturated carbocycles. The third-order valence-electron chi connectivity index (χ3n) is 1.75. The van der Waals surface area contributed by atoms with E-state index in [1.807, 2.05) is 12.1 Å². The largest absolute Gasteiger partial charge is 0.299 e. The molecule has 70 valence electrons. The van der Waals surface area contributed by atoms with Crippen molar-refractivity contribution in [2.24, 2.45) is 0 Å². The molecule has 4 nitrogen and oxygen atoms in total. The normalized spacial score (nSPS) is 10.0. The van der Waals surface area contributed by atoms with Gasteiger partial charge in [0.05, 0.1) is 11.9 Å². The van der Waals surface area contributed by atoms with Gasteiger partial charge in [-0.3, -0.25) is 19.3 Å². The van der Waals surface area contributed by atoms with Crippen molar-refractivity contribution in [2.75, 3.05) is 0 Å². The van der Waals surface area contributed by atoms with Gasteiger partial charge in [0.2, 0.25) is 0 Å². The monoisotopic (exact) mass is 205 g/mol. The average Bonchev–Trinajstić information content (AvgIpc) is 2.19. The highest BCUT2D eigenvalue weighted by Gasteiger charge is 1.95. The highest BCUT2D eigenvalue weighted by atomic mass is 32.1. The highest BCUT2D eigenvalue weighted by Crippen LogP contribution is 2.02. The third-order valence-corrected chi connectivity index (χ3v) is 2.05. The summed E-state index contributed by atoms with van der Waals surface area (Å²) in [4.78, 5) is 17.4. The van der Waals surface area contributed by atoms with E-state index < -0.39 is 0 Å². The van der Waals surface area contributed by atoms with Crippen LogP contribution in [0.4, 0.5) is 0 Å². The summed E-state index contributed by atoms with van der Waals surface area (Å²) in [6.07, 6.45) is 4.98. The maximum absolute atomic E-state index is 10.9. The molecule has 2 rings (SSSR count). The van der Waals surface area contributed by atoms with Gasteiger partial charge < -0.3 is 0 Å². The second kappa shape index (κ2) is 3.55. The van der Waals surface area contributed by atoms with E-state index in [0.717, 1.165) is 5.69 Å². The SMILES string of the molecule is O=c1ccn(-c2cccnc2)c(=S)[nH]1. The van der Waals surface area contributed by atoms with Gasteiger partial charge in [0.1, 0.15) is 0 Å². The number of nitrogens with zero attached hydrogens (tertiary/aromatic N) is 2. The smallest absolute Gasteiger partial charge is 0.251 e. The molecule has 0 aliphatic carbocycles. The van der Waals surface area contributed by atoms with Crippen LogP contribution in [0.15, 0.2) is 41.6 Å². The lowest BCUT2D eigenvalue weighted by atomic mass is 10.4. The zero-order chi connectivity index (χ0) is 9.97. The first-order chi connectivity index (χ1) is 6.77. The molecule has 5 heteroatoms. The van der Waals surface area contributed by atoms with Crippen LogP contribution >= 0.6 is 12.2 Å². The van der Waals surface area contributed by atoms with Crippen LogP contribution in [0.2, 0.25) is 0 Å². The minimum absolute atomic E-state index is 0.199. The van der Waals surface area contributed by atoms with E-state index >= 15 is 0 Å². The summed E-state index contributed by atoms with van der Waals surface area (Å²) in [7, 11) is 0. The van der Waals surface area contributed by atoms with Crippen LogP contribution in [-0.2, 0) is 0 Å². The minimum Gasteiger partial charge on any atom is -0.299 e. The van der Waals surface area contributed by atoms with Gasteiger partial charge >= 0.3 is 0 Å². The Labute approximate surface area is 84.9 Å². The predicted molar refractivity (Wildman–Crippen MR) is 55.0 cm³/mol. The average molecular weight is 205 g/mol. The molecule has 14 heavy (non-hydrogen) atoms. The first-order valence-electron chi connectivity index (χ1n) is 4.00. The summed E-state index contributed by atoms with van der Waals surface area (Å²) in [5, 5.41) is 0. The molecule has 0 radical (unpaired) electrons.